The highest BCUT2D eigenvalue weighted by Gasteiger charge is 2.25. The van der Waals surface area contributed by atoms with E-state index in [1.807, 2.05) is 0 Å². The number of carbonyl (C=O) groups excluding carboxylic acids is 3. The number of hydrogen-bond donors (Lipinski definition) is 3. The molecule has 1 atom stereocenters. The normalized spacial score (nSPS) is 23.3. The lowest BCUT2D eigenvalue weighted by Crippen LogP contribution is -2.48. The van der Waals surface area contributed by atoms with Crippen LogP contribution in [-0.4, -0.2) is 43.1 Å². The number of ether oxygens (including phenoxy) is 1. The molecular formula is C14H23N3O4. The zero-order chi connectivity index (χ0) is 15.1. The van der Waals surface area contributed by atoms with Gasteiger partial charge < -0.3 is 15.4 Å². The highest BCUT2D eigenvalue weighted by Crippen LogP contribution is 2.20. The third-order valence-electron chi connectivity index (χ3n) is 3.81. The van der Waals surface area contributed by atoms with Crippen LogP contribution in [0.5, 0.6) is 0 Å². The van der Waals surface area contributed by atoms with Gasteiger partial charge in [-0.05, 0) is 25.7 Å². The Bertz CT molecular complexity index is 394. The second-order valence-corrected chi connectivity index (χ2v) is 5.53. The van der Waals surface area contributed by atoms with E-state index in [-0.39, 0.29) is 18.2 Å². The maximum atomic E-state index is 11.9. The van der Waals surface area contributed by atoms with Crippen LogP contribution in [0.1, 0.15) is 44.9 Å². The molecule has 118 valence electrons. The Balaban J connectivity index is 1.59. The van der Waals surface area contributed by atoms with Gasteiger partial charge in [0.05, 0.1) is 6.10 Å². The van der Waals surface area contributed by atoms with Gasteiger partial charge in [0.1, 0.15) is 6.04 Å². The third kappa shape index (κ3) is 5.34. The van der Waals surface area contributed by atoms with E-state index in [4.69, 9.17) is 4.74 Å². The standard InChI is InChI=1S/C14H23N3O4/c18-12-7-6-11(16-14(20)17-12)13(19)15-8-3-9-21-10-4-1-2-5-10/h10-11H,1-9H2,(H,15,19)(H2,16,17,18,20)/t11-/m1/s1. The molecule has 1 aliphatic heterocycles. The van der Waals surface area contributed by atoms with Crippen molar-refractivity contribution in [3.8, 4) is 0 Å². The van der Waals surface area contributed by atoms with E-state index in [1.165, 1.54) is 12.8 Å². The minimum absolute atomic E-state index is 0.168. The maximum Gasteiger partial charge on any atom is 0.322 e. The lowest BCUT2D eigenvalue weighted by atomic mass is 10.1. The monoisotopic (exact) mass is 297 g/mol. The van der Waals surface area contributed by atoms with Gasteiger partial charge in [0.25, 0.3) is 0 Å². The number of urea groups is 1. The van der Waals surface area contributed by atoms with E-state index in [0.717, 1.165) is 19.3 Å². The molecule has 0 spiro atoms. The molecule has 0 unspecified atom stereocenters. The average molecular weight is 297 g/mol. The van der Waals surface area contributed by atoms with Crippen molar-refractivity contribution in [3.05, 3.63) is 0 Å². The Hall–Kier alpha value is -1.63. The molecule has 0 bridgehead atoms. The molecule has 0 aromatic rings. The first-order chi connectivity index (χ1) is 10.1. The molecule has 0 aromatic heterocycles. The summed E-state index contributed by atoms with van der Waals surface area (Å²) in [4.78, 5) is 34.4. The summed E-state index contributed by atoms with van der Waals surface area (Å²) in [7, 11) is 0. The van der Waals surface area contributed by atoms with Crippen LogP contribution < -0.4 is 16.0 Å². The molecular weight excluding hydrogens is 274 g/mol. The Kier molecular flexibility index (Phi) is 5.98. The van der Waals surface area contributed by atoms with Gasteiger partial charge in [-0.2, -0.15) is 0 Å². The fraction of sp³-hybridized carbons (Fsp3) is 0.786. The van der Waals surface area contributed by atoms with Crippen molar-refractivity contribution in [2.45, 2.75) is 57.1 Å². The van der Waals surface area contributed by atoms with E-state index in [0.29, 0.717) is 25.7 Å². The summed E-state index contributed by atoms with van der Waals surface area (Å²) in [6.45, 7) is 1.15. The molecule has 2 rings (SSSR count). The summed E-state index contributed by atoms with van der Waals surface area (Å²) in [6.07, 6.45) is 6.40. The topological polar surface area (TPSA) is 96.5 Å². The highest BCUT2D eigenvalue weighted by atomic mass is 16.5. The maximum absolute atomic E-state index is 11.9. The molecule has 7 heteroatoms. The molecule has 7 nitrogen and oxygen atoms in total. The van der Waals surface area contributed by atoms with Gasteiger partial charge in [0.2, 0.25) is 11.8 Å². The molecule has 2 fully saturated rings. The summed E-state index contributed by atoms with van der Waals surface area (Å²) in [5.41, 5.74) is 0. The Morgan fingerprint density at radius 1 is 1.24 bits per heavy atom. The van der Waals surface area contributed by atoms with E-state index in [9.17, 15) is 14.4 Å². The zero-order valence-electron chi connectivity index (χ0n) is 12.2. The summed E-state index contributed by atoms with van der Waals surface area (Å²) >= 11 is 0. The second-order valence-electron chi connectivity index (χ2n) is 5.53. The van der Waals surface area contributed by atoms with Gasteiger partial charge in [0.15, 0.2) is 0 Å². The predicted molar refractivity (Wildman–Crippen MR) is 75.5 cm³/mol. The van der Waals surface area contributed by atoms with E-state index in [2.05, 4.69) is 16.0 Å². The molecule has 1 saturated carbocycles. The van der Waals surface area contributed by atoms with Crippen LogP contribution in [0.2, 0.25) is 0 Å². The first kappa shape index (κ1) is 15.8. The molecule has 4 amide bonds. The van der Waals surface area contributed by atoms with E-state index in [1.54, 1.807) is 0 Å². The van der Waals surface area contributed by atoms with Gasteiger partial charge in [0, 0.05) is 19.6 Å². The van der Waals surface area contributed by atoms with E-state index < -0.39 is 12.1 Å². The average Bonchev–Trinajstić information content (AvgIpc) is 2.89. The lowest BCUT2D eigenvalue weighted by molar-refractivity contribution is -0.123. The van der Waals surface area contributed by atoms with Crippen molar-refractivity contribution < 1.29 is 19.1 Å². The smallest absolute Gasteiger partial charge is 0.322 e. The Labute approximate surface area is 124 Å². The first-order valence-corrected chi connectivity index (χ1v) is 7.65. The van der Waals surface area contributed by atoms with Crippen molar-refractivity contribution in [1.29, 1.82) is 0 Å². The molecule has 21 heavy (non-hydrogen) atoms. The number of rotatable bonds is 6. The summed E-state index contributed by atoms with van der Waals surface area (Å²) in [5.74, 6) is -0.603. The molecule has 1 heterocycles. The van der Waals surface area contributed by atoms with Crippen LogP contribution in [-0.2, 0) is 14.3 Å². The number of hydrogen-bond acceptors (Lipinski definition) is 4. The largest absolute Gasteiger partial charge is 0.378 e. The first-order valence-electron chi connectivity index (χ1n) is 7.65. The van der Waals surface area contributed by atoms with E-state index >= 15 is 0 Å². The fourth-order valence-corrected chi connectivity index (χ4v) is 2.64. The third-order valence-corrected chi connectivity index (χ3v) is 3.81. The van der Waals surface area contributed by atoms with Crippen molar-refractivity contribution in [2.75, 3.05) is 13.2 Å². The SMILES string of the molecule is O=C1CC[C@H](C(=O)NCCCOC2CCCC2)NC(=O)N1. The van der Waals surface area contributed by atoms with Crippen LogP contribution in [0.25, 0.3) is 0 Å². The molecule has 1 saturated heterocycles. The number of nitrogens with one attached hydrogen (secondary N) is 3. The molecule has 0 aromatic carbocycles. The minimum atomic E-state index is -0.646. The van der Waals surface area contributed by atoms with Gasteiger partial charge in [-0.15, -0.1) is 0 Å². The molecule has 0 radical (unpaired) electrons. The summed E-state index contributed by atoms with van der Waals surface area (Å²) in [6, 6.07) is -1.26. The lowest BCUT2D eigenvalue weighted by Gasteiger charge is -2.15. The highest BCUT2D eigenvalue weighted by molar-refractivity contribution is 5.98. The number of imide groups is 1. The van der Waals surface area contributed by atoms with Crippen LogP contribution in [0.4, 0.5) is 4.79 Å². The van der Waals surface area contributed by atoms with Gasteiger partial charge in [-0.25, -0.2) is 4.79 Å². The van der Waals surface area contributed by atoms with Gasteiger partial charge in [-0.3, -0.25) is 14.9 Å². The zero-order valence-corrected chi connectivity index (χ0v) is 12.2. The predicted octanol–water partition coefficient (Wildman–Crippen LogP) is 0.440. The summed E-state index contributed by atoms with van der Waals surface area (Å²) in [5, 5.41) is 7.39. The van der Waals surface area contributed by atoms with Crippen LogP contribution >= 0.6 is 0 Å². The van der Waals surface area contributed by atoms with Crippen molar-refractivity contribution in [1.82, 2.24) is 16.0 Å². The van der Waals surface area contributed by atoms with Crippen LogP contribution in [0.15, 0.2) is 0 Å². The van der Waals surface area contributed by atoms with Crippen molar-refractivity contribution in [3.63, 3.8) is 0 Å². The van der Waals surface area contributed by atoms with Crippen molar-refractivity contribution >= 4 is 17.8 Å². The van der Waals surface area contributed by atoms with Gasteiger partial charge >= 0.3 is 6.03 Å². The fourth-order valence-electron chi connectivity index (χ4n) is 2.64. The van der Waals surface area contributed by atoms with Crippen molar-refractivity contribution in [2.24, 2.45) is 0 Å². The molecule has 2 aliphatic rings. The van der Waals surface area contributed by atoms with Crippen LogP contribution in [0, 0.1) is 0 Å². The Morgan fingerprint density at radius 3 is 2.76 bits per heavy atom. The van der Waals surface area contributed by atoms with Gasteiger partial charge in [-0.1, -0.05) is 12.8 Å². The quantitative estimate of drug-likeness (QED) is 0.620. The molecule has 1 aliphatic carbocycles. The number of amides is 4. The summed E-state index contributed by atoms with van der Waals surface area (Å²) < 4.78 is 5.71. The minimum Gasteiger partial charge on any atom is -0.378 e. The van der Waals surface area contributed by atoms with Crippen LogP contribution in [0.3, 0.4) is 0 Å². The molecule has 3 N–H and O–H groups in total. The second kappa shape index (κ2) is 7.97. The Morgan fingerprint density at radius 2 is 2.00 bits per heavy atom. The number of carbonyl (C=O) groups is 3.